The number of carbonyl (C=O) groups is 2. The fourth-order valence-electron chi connectivity index (χ4n) is 2.62. The predicted octanol–water partition coefficient (Wildman–Crippen LogP) is 1.15. The van der Waals surface area contributed by atoms with E-state index in [1.165, 1.54) is 4.90 Å². The van der Waals surface area contributed by atoms with Crippen molar-refractivity contribution < 1.29 is 14.7 Å². The number of aliphatic carboxylic acids is 1. The molecule has 0 aromatic heterocycles. The molecule has 5 nitrogen and oxygen atoms in total. The molecular formula is C15H20N2O3. The average molecular weight is 276 g/mol. The summed E-state index contributed by atoms with van der Waals surface area (Å²) in [6.45, 7) is 2.27. The van der Waals surface area contributed by atoms with E-state index in [1.807, 2.05) is 31.2 Å². The number of carboxylic acids is 1. The van der Waals surface area contributed by atoms with Crippen molar-refractivity contribution in [3.05, 3.63) is 35.4 Å². The van der Waals surface area contributed by atoms with Crippen molar-refractivity contribution in [3.8, 4) is 0 Å². The van der Waals surface area contributed by atoms with Gasteiger partial charge in [0.1, 0.15) is 6.04 Å². The van der Waals surface area contributed by atoms with E-state index < -0.39 is 18.1 Å². The van der Waals surface area contributed by atoms with Crippen LogP contribution in [0.15, 0.2) is 24.3 Å². The maximum absolute atomic E-state index is 12.4. The standard InChI is InChI=1S/C15H20N2O3/c1-2-5-12(16)14(18)17-9-11-7-4-3-6-10(11)8-13(17)15(19)20/h3-4,6-7,12-13H,2,5,8-9,16H2,1H3,(H,19,20)/t12?,13-/m0/s1. The summed E-state index contributed by atoms with van der Waals surface area (Å²) in [7, 11) is 0. The van der Waals surface area contributed by atoms with Crippen LogP contribution in [-0.4, -0.2) is 34.0 Å². The van der Waals surface area contributed by atoms with Crippen molar-refractivity contribution in [1.82, 2.24) is 4.90 Å². The quantitative estimate of drug-likeness (QED) is 0.864. The van der Waals surface area contributed by atoms with E-state index >= 15 is 0 Å². The topological polar surface area (TPSA) is 83.6 Å². The van der Waals surface area contributed by atoms with Gasteiger partial charge in [-0.15, -0.1) is 0 Å². The second-order valence-electron chi connectivity index (χ2n) is 5.19. The second kappa shape index (κ2) is 6.05. The predicted molar refractivity (Wildman–Crippen MR) is 75.0 cm³/mol. The third-order valence-electron chi connectivity index (χ3n) is 3.73. The van der Waals surface area contributed by atoms with Gasteiger partial charge < -0.3 is 15.7 Å². The minimum atomic E-state index is -0.975. The van der Waals surface area contributed by atoms with Crippen LogP contribution in [0.5, 0.6) is 0 Å². The lowest BCUT2D eigenvalue weighted by molar-refractivity contribution is -0.152. The Balaban J connectivity index is 2.26. The minimum absolute atomic E-state index is 0.270. The number of hydrogen-bond acceptors (Lipinski definition) is 3. The average Bonchev–Trinajstić information content (AvgIpc) is 2.45. The molecule has 1 aromatic rings. The molecule has 0 radical (unpaired) electrons. The number of fused-ring (bicyclic) bond motifs is 1. The van der Waals surface area contributed by atoms with Crippen LogP contribution < -0.4 is 5.73 Å². The minimum Gasteiger partial charge on any atom is -0.480 e. The molecule has 3 N–H and O–H groups in total. The van der Waals surface area contributed by atoms with Crippen LogP contribution in [0.25, 0.3) is 0 Å². The molecule has 0 saturated carbocycles. The Hall–Kier alpha value is -1.88. The van der Waals surface area contributed by atoms with E-state index in [1.54, 1.807) is 0 Å². The Morgan fingerprint density at radius 3 is 2.65 bits per heavy atom. The zero-order chi connectivity index (χ0) is 14.7. The van der Waals surface area contributed by atoms with Gasteiger partial charge in [-0.1, -0.05) is 37.6 Å². The first kappa shape index (κ1) is 14.5. The zero-order valence-electron chi connectivity index (χ0n) is 11.6. The lowest BCUT2D eigenvalue weighted by Crippen LogP contribution is -2.53. The van der Waals surface area contributed by atoms with Crippen LogP contribution >= 0.6 is 0 Å². The molecule has 1 aliphatic rings. The van der Waals surface area contributed by atoms with Crippen molar-refractivity contribution in [2.24, 2.45) is 5.73 Å². The first-order valence-electron chi connectivity index (χ1n) is 6.90. The number of carbonyl (C=O) groups excluding carboxylic acids is 1. The van der Waals surface area contributed by atoms with Crippen LogP contribution in [0.1, 0.15) is 30.9 Å². The van der Waals surface area contributed by atoms with E-state index in [0.29, 0.717) is 19.4 Å². The van der Waals surface area contributed by atoms with Crippen molar-refractivity contribution >= 4 is 11.9 Å². The van der Waals surface area contributed by atoms with Crippen molar-refractivity contribution in [2.75, 3.05) is 0 Å². The summed E-state index contributed by atoms with van der Waals surface area (Å²) in [5.41, 5.74) is 7.85. The van der Waals surface area contributed by atoms with Crippen LogP contribution in [0.3, 0.4) is 0 Å². The summed E-state index contributed by atoms with van der Waals surface area (Å²) >= 11 is 0. The fraction of sp³-hybridized carbons (Fsp3) is 0.467. The van der Waals surface area contributed by atoms with Crippen LogP contribution in [0.4, 0.5) is 0 Å². The molecule has 1 amide bonds. The van der Waals surface area contributed by atoms with E-state index in [-0.39, 0.29) is 5.91 Å². The number of hydrogen-bond donors (Lipinski definition) is 2. The third-order valence-corrected chi connectivity index (χ3v) is 3.73. The largest absolute Gasteiger partial charge is 0.480 e. The smallest absolute Gasteiger partial charge is 0.326 e. The number of carboxylic acid groups (broad SMARTS) is 1. The lowest BCUT2D eigenvalue weighted by atomic mass is 9.93. The molecule has 0 fully saturated rings. The van der Waals surface area contributed by atoms with Crippen molar-refractivity contribution in [2.45, 2.75) is 44.8 Å². The molecule has 2 atom stereocenters. The lowest BCUT2D eigenvalue weighted by Gasteiger charge is -2.35. The zero-order valence-corrected chi connectivity index (χ0v) is 11.6. The van der Waals surface area contributed by atoms with E-state index in [0.717, 1.165) is 17.5 Å². The molecule has 1 aromatic carbocycles. The SMILES string of the molecule is CCCC(N)C(=O)N1Cc2ccccc2C[C@H]1C(=O)O. The number of nitrogens with zero attached hydrogens (tertiary/aromatic N) is 1. The van der Waals surface area contributed by atoms with Gasteiger partial charge in [-0.25, -0.2) is 4.79 Å². The van der Waals surface area contributed by atoms with Gasteiger partial charge in [0.25, 0.3) is 0 Å². The first-order valence-corrected chi connectivity index (χ1v) is 6.90. The van der Waals surface area contributed by atoms with E-state index in [2.05, 4.69) is 0 Å². The highest BCUT2D eigenvalue weighted by molar-refractivity contribution is 5.87. The van der Waals surface area contributed by atoms with Gasteiger partial charge in [-0.05, 0) is 17.5 Å². The second-order valence-corrected chi connectivity index (χ2v) is 5.19. The van der Waals surface area contributed by atoms with E-state index in [9.17, 15) is 14.7 Å². The summed E-state index contributed by atoms with van der Waals surface area (Å²) in [5, 5.41) is 9.36. The van der Waals surface area contributed by atoms with Crippen LogP contribution in [-0.2, 0) is 22.6 Å². The number of nitrogens with two attached hydrogens (primary N) is 1. The van der Waals surface area contributed by atoms with Gasteiger partial charge in [0.05, 0.1) is 6.04 Å². The summed E-state index contributed by atoms with van der Waals surface area (Å²) in [5.74, 6) is -1.25. The van der Waals surface area contributed by atoms with Gasteiger partial charge in [-0.2, -0.15) is 0 Å². The Kier molecular flexibility index (Phi) is 4.39. The molecule has 1 unspecified atom stereocenters. The molecule has 2 rings (SSSR count). The molecule has 5 heteroatoms. The first-order chi connectivity index (χ1) is 9.54. The number of rotatable bonds is 4. The number of amides is 1. The van der Waals surface area contributed by atoms with Crippen molar-refractivity contribution in [3.63, 3.8) is 0 Å². The normalized spacial score (nSPS) is 19.3. The van der Waals surface area contributed by atoms with Crippen molar-refractivity contribution in [1.29, 1.82) is 0 Å². The Morgan fingerprint density at radius 2 is 2.05 bits per heavy atom. The summed E-state index contributed by atoms with van der Waals surface area (Å²) < 4.78 is 0. The summed E-state index contributed by atoms with van der Waals surface area (Å²) in [4.78, 5) is 25.2. The molecule has 0 aliphatic carbocycles. The third kappa shape index (κ3) is 2.82. The molecule has 1 aliphatic heterocycles. The Morgan fingerprint density at radius 1 is 1.40 bits per heavy atom. The van der Waals surface area contributed by atoms with Gasteiger partial charge in [0.2, 0.25) is 5.91 Å². The molecule has 20 heavy (non-hydrogen) atoms. The monoisotopic (exact) mass is 276 g/mol. The molecular weight excluding hydrogens is 256 g/mol. The van der Waals surface area contributed by atoms with Gasteiger partial charge in [0, 0.05) is 13.0 Å². The maximum atomic E-state index is 12.4. The molecule has 1 heterocycles. The highest BCUT2D eigenvalue weighted by atomic mass is 16.4. The summed E-state index contributed by atoms with van der Waals surface area (Å²) in [6, 6.07) is 6.19. The van der Waals surface area contributed by atoms with Crippen LogP contribution in [0, 0.1) is 0 Å². The Labute approximate surface area is 118 Å². The van der Waals surface area contributed by atoms with E-state index in [4.69, 9.17) is 5.73 Å². The van der Waals surface area contributed by atoms with Gasteiger partial charge in [0.15, 0.2) is 0 Å². The van der Waals surface area contributed by atoms with Crippen LogP contribution in [0.2, 0.25) is 0 Å². The maximum Gasteiger partial charge on any atom is 0.326 e. The van der Waals surface area contributed by atoms with Gasteiger partial charge >= 0.3 is 5.97 Å². The molecule has 108 valence electrons. The fourth-order valence-corrected chi connectivity index (χ4v) is 2.62. The van der Waals surface area contributed by atoms with Gasteiger partial charge in [-0.3, -0.25) is 4.79 Å². The highest BCUT2D eigenvalue weighted by Crippen LogP contribution is 2.24. The number of benzene rings is 1. The highest BCUT2D eigenvalue weighted by Gasteiger charge is 2.36. The molecule has 0 bridgehead atoms. The Bertz CT molecular complexity index is 516. The summed E-state index contributed by atoms with van der Waals surface area (Å²) in [6.07, 6.45) is 1.72. The molecule has 0 spiro atoms. The molecule has 0 saturated heterocycles.